The van der Waals surface area contributed by atoms with E-state index in [2.05, 4.69) is 34.3 Å². The molecule has 1 aliphatic rings. The van der Waals surface area contributed by atoms with Crippen molar-refractivity contribution < 1.29 is 14.3 Å². The molecule has 26 heavy (non-hydrogen) atoms. The Morgan fingerprint density at radius 1 is 1.15 bits per heavy atom. The number of fused-ring (bicyclic) bond motifs is 1. The van der Waals surface area contributed by atoms with Crippen molar-refractivity contribution in [2.45, 2.75) is 32.4 Å². The van der Waals surface area contributed by atoms with Gasteiger partial charge in [0.15, 0.2) is 0 Å². The van der Waals surface area contributed by atoms with Crippen molar-refractivity contribution >= 4 is 12.0 Å². The van der Waals surface area contributed by atoms with Crippen molar-refractivity contribution in [1.82, 2.24) is 14.8 Å². The lowest BCUT2D eigenvalue weighted by molar-refractivity contribution is -0.142. The van der Waals surface area contributed by atoms with Gasteiger partial charge in [-0.15, -0.1) is 0 Å². The summed E-state index contributed by atoms with van der Waals surface area (Å²) in [5.41, 5.74) is 2.33. The standard InChI is InChI=1S/C20H25N3O3/c1-2-26-19(24)10-11-21-20(25)23-14-13-22-12-6-9-17(22)18(23)15-16-7-4-3-5-8-16/h3-9,12,18H,2,10-11,13-15H2,1H3,(H,21,25)/t18-/m1/s1. The molecule has 6 nitrogen and oxygen atoms in total. The summed E-state index contributed by atoms with van der Waals surface area (Å²) in [5, 5.41) is 2.86. The monoisotopic (exact) mass is 355 g/mol. The normalized spacial score (nSPS) is 16.0. The lowest BCUT2D eigenvalue weighted by atomic mass is 10.0. The minimum atomic E-state index is -0.291. The number of carbonyl (C=O) groups is 2. The molecule has 0 fully saturated rings. The third-order valence-corrected chi connectivity index (χ3v) is 4.61. The number of urea groups is 1. The first-order chi connectivity index (χ1) is 12.7. The third-order valence-electron chi connectivity index (χ3n) is 4.61. The maximum absolute atomic E-state index is 12.7. The summed E-state index contributed by atoms with van der Waals surface area (Å²) in [4.78, 5) is 26.0. The number of carbonyl (C=O) groups excluding carboxylic acids is 2. The minimum absolute atomic E-state index is 0.0243. The van der Waals surface area contributed by atoms with Crippen molar-refractivity contribution in [2.24, 2.45) is 0 Å². The van der Waals surface area contributed by atoms with Gasteiger partial charge in [0, 0.05) is 31.5 Å². The molecule has 0 spiro atoms. The zero-order valence-corrected chi connectivity index (χ0v) is 15.1. The topological polar surface area (TPSA) is 63.6 Å². The van der Waals surface area contributed by atoms with Gasteiger partial charge < -0.3 is 19.5 Å². The van der Waals surface area contributed by atoms with Gasteiger partial charge in [0.05, 0.1) is 19.1 Å². The number of ether oxygens (including phenoxy) is 1. The molecular weight excluding hydrogens is 330 g/mol. The van der Waals surface area contributed by atoms with E-state index in [1.165, 1.54) is 5.56 Å². The van der Waals surface area contributed by atoms with Crippen LogP contribution in [0.1, 0.15) is 30.6 Å². The van der Waals surface area contributed by atoms with Crippen LogP contribution in [0.25, 0.3) is 0 Å². The van der Waals surface area contributed by atoms with Gasteiger partial charge in [0.25, 0.3) is 0 Å². The van der Waals surface area contributed by atoms with Crippen LogP contribution in [0.4, 0.5) is 4.79 Å². The average molecular weight is 355 g/mol. The molecule has 1 aromatic heterocycles. The Labute approximate surface area is 153 Å². The highest BCUT2D eigenvalue weighted by atomic mass is 16.5. The Morgan fingerprint density at radius 3 is 2.73 bits per heavy atom. The number of esters is 1. The van der Waals surface area contributed by atoms with E-state index in [-0.39, 0.29) is 31.0 Å². The number of benzene rings is 1. The lowest BCUT2D eigenvalue weighted by Crippen LogP contribution is -2.48. The largest absolute Gasteiger partial charge is 0.466 e. The number of hydrogen-bond donors (Lipinski definition) is 1. The molecule has 1 aliphatic heterocycles. The summed E-state index contributed by atoms with van der Waals surface area (Å²) in [6, 6.07) is 14.1. The smallest absolute Gasteiger partial charge is 0.318 e. The van der Waals surface area contributed by atoms with Crippen LogP contribution in [-0.4, -0.2) is 41.2 Å². The molecule has 0 saturated carbocycles. The Hall–Kier alpha value is -2.76. The fraction of sp³-hybridized carbons (Fsp3) is 0.400. The quantitative estimate of drug-likeness (QED) is 0.811. The summed E-state index contributed by atoms with van der Waals surface area (Å²) >= 11 is 0. The second-order valence-electron chi connectivity index (χ2n) is 6.31. The van der Waals surface area contributed by atoms with Crippen LogP contribution < -0.4 is 5.32 Å². The zero-order valence-electron chi connectivity index (χ0n) is 15.1. The Kier molecular flexibility index (Phi) is 5.94. The van der Waals surface area contributed by atoms with Crippen LogP contribution in [0, 0.1) is 0 Å². The van der Waals surface area contributed by atoms with E-state index in [0.29, 0.717) is 13.2 Å². The van der Waals surface area contributed by atoms with Crippen LogP contribution in [0.15, 0.2) is 48.7 Å². The first-order valence-electron chi connectivity index (χ1n) is 9.08. The van der Waals surface area contributed by atoms with Crippen LogP contribution in [0.3, 0.4) is 0 Å². The molecule has 6 heteroatoms. The van der Waals surface area contributed by atoms with Crippen molar-refractivity contribution in [1.29, 1.82) is 0 Å². The maximum Gasteiger partial charge on any atom is 0.318 e. The number of nitrogens with zero attached hydrogens (tertiary/aromatic N) is 2. The van der Waals surface area contributed by atoms with Crippen LogP contribution in [0.5, 0.6) is 0 Å². The van der Waals surface area contributed by atoms with Crippen LogP contribution in [-0.2, 0) is 22.5 Å². The highest BCUT2D eigenvalue weighted by molar-refractivity contribution is 5.76. The second-order valence-corrected chi connectivity index (χ2v) is 6.31. The van der Waals surface area contributed by atoms with Gasteiger partial charge in [-0.2, -0.15) is 0 Å². The molecule has 138 valence electrons. The van der Waals surface area contributed by atoms with Gasteiger partial charge in [-0.3, -0.25) is 4.79 Å². The summed E-state index contributed by atoms with van der Waals surface area (Å²) in [7, 11) is 0. The molecule has 3 rings (SSSR count). The van der Waals surface area contributed by atoms with Gasteiger partial charge in [0.1, 0.15) is 0 Å². The van der Waals surface area contributed by atoms with Gasteiger partial charge in [0.2, 0.25) is 0 Å². The van der Waals surface area contributed by atoms with Gasteiger partial charge in [-0.05, 0) is 31.0 Å². The van der Waals surface area contributed by atoms with E-state index in [4.69, 9.17) is 4.74 Å². The van der Waals surface area contributed by atoms with E-state index in [0.717, 1.165) is 18.7 Å². The summed E-state index contributed by atoms with van der Waals surface area (Å²) < 4.78 is 7.10. The molecule has 2 heterocycles. The number of amides is 2. The van der Waals surface area contributed by atoms with Crippen LogP contribution in [0.2, 0.25) is 0 Å². The fourth-order valence-corrected chi connectivity index (χ4v) is 3.37. The maximum atomic E-state index is 12.7. The van der Waals surface area contributed by atoms with Crippen molar-refractivity contribution in [3.05, 3.63) is 59.9 Å². The first-order valence-corrected chi connectivity index (χ1v) is 9.08. The molecule has 0 unspecified atom stereocenters. The molecule has 0 bridgehead atoms. The molecule has 1 aromatic carbocycles. The van der Waals surface area contributed by atoms with Crippen molar-refractivity contribution in [3.63, 3.8) is 0 Å². The third kappa shape index (κ3) is 4.25. The predicted molar refractivity (Wildman–Crippen MR) is 98.7 cm³/mol. The number of nitrogens with one attached hydrogen (secondary N) is 1. The molecule has 0 aliphatic carbocycles. The number of hydrogen-bond acceptors (Lipinski definition) is 3. The average Bonchev–Trinajstić information content (AvgIpc) is 3.12. The first kappa shape index (κ1) is 18.0. The zero-order chi connectivity index (χ0) is 18.4. The van der Waals surface area contributed by atoms with E-state index in [1.807, 2.05) is 29.2 Å². The summed E-state index contributed by atoms with van der Waals surface area (Å²) in [6.45, 7) is 3.83. The molecule has 0 radical (unpaired) electrons. The van der Waals surface area contributed by atoms with E-state index in [1.54, 1.807) is 6.92 Å². The Balaban J connectivity index is 1.68. The highest BCUT2D eigenvalue weighted by Gasteiger charge is 2.30. The van der Waals surface area contributed by atoms with Crippen molar-refractivity contribution in [2.75, 3.05) is 19.7 Å². The van der Waals surface area contributed by atoms with E-state index >= 15 is 0 Å². The lowest BCUT2D eigenvalue weighted by Gasteiger charge is -2.37. The van der Waals surface area contributed by atoms with Gasteiger partial charge in [-0.1, -0.05) is 30.3 Å². The SMILES string of the molecule is CCOC(=O)CCNC(=O)N1CCn2cccc2[C@H]1Cc1ccccc1. The number of rotatable bonds is 6. The molecule has 1 N–H and O–H groups in total. The Bertz CT molecular complexity index is 742. The fourth-order valence-electron chi connectivity index (χ4n) is 3.37. The minimum Gasteiger partial charge on any atom is -0.466 e. The Morgan fingerprint density at radius 2 is 1.96 bits per heavy atom. The van der Waals surface area contributed by atoms with Crippen molar-refractivity contribution in [3.8, 4) is 0 Å². The van der Waals surface area contributed by atoms with Gasteiger partial charge in [-0.25, -0.2) is 4.79 Å². The molecular formula is C20H25N3O3. The van der Waals surface area contributed by atoms with E-state index in [9.17, 15) is 9.59 Å². The second kappa shape index (κ2) is 8.56. The molecule has 2 aromatic rings. The molecule has 2 amide bonds. The van der Waals surface area contributed by atoms with E-state index < -0.39 is 0 Å². The van der Waals surface area contributed by atoms with Gasteiger partial charge >= 0.3 is 12.0 Å². The highest BCUT2D eigenvalue weighted by Crippen LogP contribution is 2.29. The summed E-state index contributed by atoms with van der Waals surface area (Å²) in [5.74, 6) is -0.291. The predicted octanol–water partition coefficient (Wildman–Crippen LogP) is 2.75. The number of aromatic nitrogens is 1. The van der Waals surface area contributed by atoms with Crippen LogP contribution >= 0.6 is 0 Å². The summed E-state index contributed by atoms with van der Waals surface area (Å²) in [6.07, 6.45) is 3.01. The molecule has 0 saturated heterocycles. The molecule has 1 atom stereocenters.